The smallest absolute Gasteiger partial charge is 0.307 e. The molecule has 0 aromatic rings. The second kappa shape index (κ2) is 12.9. The van der Waals surface area contributed by atoms with Crippen LogP contribution in [0.3, 0.4) is 0 Å². The summed E-state index contributed by atoms with van der Waals surface area (Å²) in [6, 6.07) is -0.615. The lowest BCUT2D eigenvalue weighted by molar-refractivity contribution is -0.145. The Morgan fingerprint density at radius 3 is 2.64 bits per heavy atom. The van der Waals surface area contributed by atoms with E-state index in [9.17, 15) is 14.7 Å². The van der Waals surface area contributed by atoms with Crippen molar-refractivity contribution in [2.45, 2.75) is 52.0 Å². The lowest BCUT2D eigenvalue weighted by atomic mass is 10.1. The van der Waals surface area contributed by atoms with Crippen molar-refractivity contribution in [1.29, 1.82) is 0 Å². The normalized spacial score (nSPS) is 11.6. The number of nitrogens with one attached hydrogen (secondary N) is 1. The molecule has 0 saturated carbocycles. The first-order valence-corrected chi connectivity index (χ1v) is 7.56. The molecule has 1 unspecified atom stereocenters. The zero-order chi connectivity index (χ0) is 16.8. The van der Waals surface area contributed by atoms with Gasteiger partial charge in [-0.25, -0.2) is 0 Å². The van der Waals surface area contributed by atoms with Crippen LogP contribution >= 0.6 is 0 Å². The van der Waals surface area contributed by atoms with Crippen molar-refractivity contribution >= 4 is 11.9 Å². The van der Waals surface area contributed by atoms with Gasteiger partial charge in [-0.1, -0.05) is 25.4 Å². The minimum atomic E-state index is -0.615. The Balaban J connectivity index is 3.87. The van der Waals surface area contributed by atoms with Gasteiger partial charge in [-0.05, 0) is 24.3 Å². The summed E-state index contributed by atoms with van der Waals surface area (Å²) in [5, 5.41) is 15.2. The predicted octanol–water partition coefficient (Wildman–Crippen LogP) is 1.92. The maximum Gasteiger partial charge on any atom is 0.307 e. The molecule has 22 heavy (non-hydrogen) atoms. The Kier molecular flexibility index (Phi) is 11.9. The van der Waals surface area contributed by atoms with E-state index in [-0.39, 0.29) is 24.9 Å². The zero-order valence-corrected chi connectivity index (χ0v) is 13.3. The van der Waals surface area contributed by atoms with E-state index in [1.165, 1.54) is 0 Å². The van der Waals surface area contributed by atoms with E-state index >= 15 is 0 Å². The number of carbonyl (C=O) groups is 2. The van der Waals surface area contributed by atoms with E-state index in [0.29, 0.717) is 26.0 Å². The van der Waals surface area contributed by atoms with Crippen LogP contribution in [0.2, 0.25) is 0 Å². The second-order valence-electron chi connectivity index (χ2n) is 5.49. The van der Waals surface area contributed by atoms with Crippen LogP contribution in [-0.2, 0) is 14.3 Å². The number of azide groups is 1. The van der Waals surface area contributed by atoms with Crippen molar-refractivity contribution in [2.75, 3.05) is 19.8 Å². The van der Waals surface area contributed by atoms with Gasteiger partial charge in [0.25, 0.3) is 0 Å². The van der Waals surface area contributed by atoms with E-state index < -0.39 is 12.0 Å². The van der Waals surface area contributed by atoms with Crippen molar-refractivity contribution in [3.8, 4) is 0 Å². The van der Waals surface area contributed by atoms with E-state index in [1.807, 2.05) is 13.8 Å². The van der Waals surface area contributed by atoms with Gasteiger partial charge in [-0.2, -0.15) is 0 Å². The number of esters is 1. The van der Waals surface area contributed by atoms with E-state index in [0.717, 1.165) is 12.8 Å². The van der Waals surface area contributed by atoms with Crippen LogP contribution in [0.4, 0.5) is 0 Å². The molecule has 8 nitrogen and oxygen atoms in total. The van der Waals surface area contributed by atoms with Crippen LogP contribution < -0.4 is 5.32 Å². The quantitative estimate of drug-likeness (QED) is 0.188. The Morgan fingerprint density at radius 1 is 1.32 bits per heavy atom. The molecular weight excluding hydrogens is 288 g/mol. The van der Waals surface area contributed by atoms with Gasteiger partial charge >= 0.3 is 5.97 Å². The topological polar surface area (TPSA) is 124 Å². The number of carbonyl (C=O) groups excluding carboxylic acids is 2. The van der Waals surface area contributed by atoms with Gasteiger partial charge in [0.2, 0.25) is 5.91 Å². The summed E-state index contributed by atoms with van der Waals surface area (Å²) < 4.78 is 5.01. The highest BCUT2D eigenvalue weighted by Crippen LogP contribution is 2.03. The van der Waals surface area contributed by atoms with Crippen molar-refractivity contribution in [1.82, 2.24) is 5.32 Å². The molecule has 0 radical (unpaired) electrons. The fourth-order valence-corrected chi connectivity index (χ4v) is 1.67. The molecule has 0 saturated heterocycles. The first-order chi connectivity index (χ1) is 10.5. The monoisotopic (exact) mass is 314 g/mol. The fraction of sp³-hybridized carbons (Fsp3) is 0.857. The van der Waals surface area contributed by atoms with Gasteiger partial charge in [-0.15, -0.1) is 0 Å². The Hall–Kier alpha value is -1.79. The average molecular weight is 314 g/mol. The predicted molar refractivity (Wildman–Crippen MR) is 81.9 cm³/mol. The molecule has 0 aliphatic rings. The number of unbranched alkanes of at least 4 members (excludes halogenated alkanes) is 2. The molecule has 0 spiro atoms. The molecular formula is C14H26N4O4. The number of rotatable bonds is 12. The van der Waals surface area contributed by atoms with Crippen LogP contribution in [-0.4, -0.2) is 42.8 Å². The molecule has 0 fully saturated rings. The molecule has 0 bridgehead atoms. The van der Waals surface area contributed by atoms with Crippen molar-refractivity contribution in [3.63, 3.8) is 0 Å². The maximum atomic E-state index is 11.7. The first kappa shape index (κ1) is 20.2. The fourth-order valence-electron chi connectivity index (χ4n) is 1.67. The maximum absolute atomic E-state index is 11.7. The van der Waals surface area contributed by atoms with Crippen molar-refractivity contribution in [2.24, 2.45) is 11.0 Å². The Morgan fingerprint density at radius 2 is 2.05 bits per heavy atom. The van der Waals surface area contributed by atoms with Crippen molar-refractivity contribution < 1.29 is 19.4 Å². The van der Waals surface area contributed by atoms with Crippen LogP contribution in [0.25, 0.3) is 10.4 Å². The molecule has 0 rings (SSSR count). The van der Waals surface area contributed by atoms with Crippen LogP contribution in [0.5, 0.6) is 0 Å². The molecule has 0 aliphatic carbocycles. The summed E-state index contributed by atoms with van der Waals surface area (Å²) in [4.78, 5) is 25.9. The number of ether oxygens (including phenoxy) is 1. The third kappa shape index (κ3) is 12.0. The Bertz CT molecular complexity index is 381. The summed E-state index contributed by atoms with van der Waals surface area (Å²) >= 11 is 0. The molecule has 0 heterocycles. The molecule has 0 aromatic heterocycles. The zero-order valence-electron chi connectivity index (χ0n) is 13.3. The number of hydrogen-bond acceptors (Lipinski definition) is 5. The van der Waals surface area contributed by atoms with Gasteiger partial charge in [0, 0.05) is 17.9 Å². The summed E-state index contributed by atoms with van der Waals surface area (Å²) in [5.41, 5.74) is 8.11. The van der Waals surface area contributed by atoms with E-state index in [2.05, 4.69) is 15.3 Å². The number of nitrogens with zero attached hydrogens (tertiary/aromatic N) is 3. The summed E-state index contributed by atoms with van der Waals surface area (Å²) in [7, 11) is 0. The molecule has 0 aliphatic heterocycles. The third-order valence-electron chi connectivity index (χ3n) is 2.80. The van der Waals surface area contributed by atoms with Gasteiger partial charge in [0.1, 0.15) is 0 Å². The van der Waals surface area contributed by atoms with E-state index in [1.54, 1.807) is 0 Å². The van der Waals surface area contributed by atoms with Gasteiger partial charge in [0.15, 0.2) is 0 Å². The first-order valence-electron chi connectivity index (χ1n) is 7.56. The summed E-state index contributed by atoms with van der Waals surface area (Å²) in [5.74, 6) is -0.390. The van der Waals surface area contributed by atoms with E-state index in [4.69, 9.17) is 10.3 Å². The largest absolute Gasteiger partial charge is 0.465 e. The molecule has 1 atom stereocenters. The Labute approximate surface area is 130 Å². The third-order valence-corrected chi connectivity index (χ3v) is 2.80. The highest BCUT2D eigenvalue weighted by atomic mass is 16.5. The molecule has 126 valence electrons. The van der Waals surface area contributed by atoms with Crippen LogP contribution in [0.15, 0.2) is 5.11 Å². The molecule has 2 N–H and O–H groups in total. The van der Waals surface area contributed by atoms with Crippen LogP contribution in [0, 0.1) is 5.92 Å². The lowest BCUT2D eigenvalue weighted by Crippen LogP contribution is -2.39. The highest BCUT2D eigenvalue weighted by molar-refractivity contribution is 5.77. The van der Waals surface area contributed by atoms with Gasteiger partial charge in [0.05, 0.1) is 25.7 Å². The van der Waals surface area contributed by atoms with Gasteiger partial charge in [-0.3, -0.25) is 9.59 Å². The highest BCUT2D eigenvalue weighted by Gasteiger charge is 2.16. The summed E-state index contributed by atoms with van der Waals surface area (Å²) in [6.07, 6.45) is 2.47. The number of hydrogen-bond donors (Lipinski definition) is 2. The minimum Gasteiger partial charge on any atom is -0.465 e. The molecule has 8 heteroatoms. The summed E-state index contributed by atoms with van der Waals surface area (Å²) in [6.45, 7) is 4.32. The average Bonchev–Trinajstić information content (AvgIpc) is 2.48. The standard InChI is InChI=1S/C14H26N4O4/c1-11(2)10-22-14(21)8-12(9-19)17-13(20)6-4-3-5-7-16-18-15/h11-12,19H,3-10H2,1-2H3,(H,17,20). The van der Waals surface area contributed by atoms with Gasteiger partial charge < -0.3 is 15.2 Å². The number of aliphatic hydroxyl groups is 1. The minimum absolute atomic E-state index is 0.0359. The SMILES string of the molecule is CC(C)COC(=O)CC(CO)NC(=O)CCCCCN=[N+]=[N-]. The lowest BCUT2D eigenvalue weighted by Gasteiger charge is -2.16. The molecule has 0 aromatic carbocycles. The van der Waals surface area contributed by atoms with Crippen molar-refractivity contribution in [3.05, 3.63) is 10.4 Å². The number of amides is 1. The molecule has 1 amide bonds. The number of aliphatic hydroxyl groups excluding tert-OH is 1. The van der Waals surface area contributed by atoms with Crippen LogP contribution in [0.1, 0.15) is 46.0 Å². The second-order valence-corrected chi connectivity index (χ2v) is 5.49.